The lowest BCUT2D eigenvalue weighted by atomic mass is 9.87. The number of halogens is 2. The van der Waals surface area contributed by atoms with E-state index < -0.39 is 11.8 Å². The maximum Gasteiger partial charge on any atom is 0.318 e. The number of fused-ring (bicyclic) bond motifs is 4. The van der Waals surface area contributed by atoms with Gasteiger partial charge in [-0.2, -0.15) is 9.97 Å². The number of carbonyl (C=O) groups excluding carboxylic acids is 1. The second-order valence-corrected chi connectivity index (χ2v) is 13.7. The molecule has 5 aliphatic rings. The fraction of sp³-hybridized carbons (Fsp3) is 0.576. The lowest BCUT2D eigenvalue weighted by Gasteiger charge is -2.37. The molecule has 45 heavy (non-hydrogen) atoms. The Bertz CT molecular complexity index is 1570. The van der Waals surface area contributed by atoms with Crippen molar-refractivity contribution in [3.05, 3.63) is 57.4 Å². The van der Waals surface area contributed by atoms with E-state index in [1.54, 1.807) is 20.2 Å². The number of alkyl halides is 1. The molecule has 240 valence electrons. The van der Waals surface area contributed by atoms with Gasteiger partial charge in [-0.05, 0) is 61.9 Å². The normalized spacial score (nSPS) is 28.0. The number of benzene rings is 1. The van der Waals surface area contributed by atoms with Gasteiger partial charge in [0.05, 0.1) is 41.4 Å². The van der Waals surface area contributed by atoms with Crippen LogP contribution in [0.2, 0.25) is 5.02 Å². The summed E-state index contributed by atoms with van der Waals surface area (Å²) in [5, 5.41) is 0.769. The van der Waals surface area contributed by atoms with Crippen LogP contribution in [0.1, 0.15) is 54.5 Å². The smallest absolute Gasteiger partial charge is 0.318 e. The Labute approximate surface area is 268 Å². The average Bonchev–Trinajstić information content (AvgIpc) is 3.60. The van der Waals surface area contributed by atoms with Crippen LogP contribution in [0.4, 0.5) is 10.2 Å². The summed E-state index contributed by atoms with van der Waals surface area (Å²) in [6.45, 7) is 3.80. The zero-order chi connectivity index (χ0) is 31.3. The molecule has 12 heteroatoms. The van der Waals surface area contributed by atoms with E-state index in [1.807, 2.05) is 12.1 Å². The Hall–Kier alpha value is -3.28. The minimum Gasteiger partial charge on any atom is -0.461 e. The zero-order valence-corrected chi connectivity index (χ0v) is 26.8. The van der Waals surface area contributed by atoms with Crippen LogP contribution in [0.5, 0.6) is 6.01 Å². The highest BCUT2D eigenvalue weighted by Crippen LogP contribution is 2.49. The van der Waals surface area contributed by atoms with E-state index in [0.717, 1.165) is 71.9 Å². The van der Waals surface area contributed by atoms with Crippen molar-refractivity contribution in [2.45, 2.75) is 68.9 Å². The topological polar surface area (TPSA) is 109 Å². The second kappa shape index (κ2) is 11.8. The van der Waals surface area contributed by atoms with Crippen LogP contribution in [0.3, 0.4) is 0 Å². The van der Waals surface area contributed by atoms with Gasteiger partial charge >= 0.3 is 6.01 Å². The summed E-state index contributed by atoms with van der Waals surface area (Å²) in [5.41, 5.74) is 10.3. The van der Waals surface area contributed by atoms with Crippen molar-refractivity contribution in [2.75, 3.05) is 58.3 Å². The van der Waals surface area contributed by atoms with Crippen molar-refractivity contribution in [3.8, 4) is 6.01 Å². The molecular weight excluding hydrogens is 597 g/mol. The van der Waals surface area contributed by atoms with Crippen molar-refractivity contribution >= 4 is 29.0 Å². The molecule has 2 N–H and O–H groups in total. The molecule has 2 fully saturated rings. The molecule has 4 aliphatic heterocycles. The Morgan fingerprint density at radius 2 is 2.11 bits per heavy atom. The molecule has 1 amide bonds. The molecule has 10 nitrogen and oxygen atoms in total. The monoisotopic (exact) mass is 637 g/mol. The van der Waals surface area contributed by atoms with E-state index in [1.165, 1.54) is 4.90 Å². The third-order valence-electron chi connectivity index (χ3n) is 10.1. The van der Waals surface area contributed by atoms with Gasteiger partial charge in [0.1, 0.15) is 18.6 Å². The highest BCUT2D eigenvalue weighted by molar-refractivity contribution is 6.31. The van der Waals surface area contributed by atoms with Gasteiger partial charge in [0, 0.05) is 57.2 Å². The number of amides is 1. The van der Waals surface area contributed by atoms with Crippen molar-refractivity contribution in [1.82, 2.24) is 19.8 Å². The van der Waals surface area contributed by atoms with Crippen LogP contribution in [0.15, 0.2) is 35.0 Å². The first-order valence-corrected chi connectivity index (χ1v) is 16.3. The molecule has 1 aromatic carbocycles. The number of aliphatic imine (C=N–C) groups is 1. The number of hydrogen-bond donors (Lipinski definition) is 1. The number of likely N-dealkylation sites (N-methyl/N-ethyl adjacent to an activating group) is 1. The fourth-order valence-electron chi connectivity index (χ4n) is 7.91. The molecule has 5 heterocycles. The lowest BCUT2D eigenvalue weighted by molar-refractivity contribution is -0.124. The SMILES string of the molecule is CN(C)C(=O)/C(N)=C/C1=NCCCN(c2nc(OC[C@@]34CCCN3CC(F)C4)nc3c2COC2(CCc4c(Cl)cccc42)C3)C1. The van der Waals surface area contributed by atoms with E-state index in [4.69, 9.17) is 41.8 Å². The number of anilines is 1. The van der Waals surface area contributed by atoms with E-state index in [2.05, 4.69) is 15.9 Å². The highest BCUT2D eigenvalue weighted by Gasteiger charge is 2.50. The van der Waals surface area contributed by atoms with Crippen LogP contribution in [0, 0.1) is 0 Å². The van der Waals surface area contributed by atoms with E-state index >= 15 is 0 Å². The Balaban J connectivity index is 1.23. The molecule has 1 aliphatic carbocycles. The molecule has 2 aromatic rings. The van der Waals surface area contributed by atoms with E-state index in [0.29, 0.717) is 64.0 Å². The predicted octanol–water partition coefficient (Wildman–Crippen LogP) is 3.58. The number of nitrogens with zero attached hydrogens (tertiary/aromatic N) is 6. The summed E-state index contributed by atoms with van der Waals surface area (Å²) in [7, 11) is 3.35. The Morgan fingerprint density at radius 1 is 1.24 bits per heavy atom. The summed E-state index contributed by atoms with van der Waals surface area (Å²) >= 11 is 6.60. The molecule has 2 saturated heterocycles. The Morgan fingerprint density at radius 3 is 2.96 bits per heavy atom. The summed E-state index contributed by atoms with van der Waals surface area (Å²) in [6.07, 6.45) is 6.30. The first-order valence-electron chi connectivity index (χ1n) is 16.0. The van der Waals surface area contributed by atoms with Gasteiger partial charge in [-0.3, -0.25) is 14.7 Å². The Kier molecular flexibility index (Phi) is 7.98. The van der Waals surface area contributed by atoms with Gasteiger partial charge in [0.25, 0.3) is 5.91 Å². The number of nitrogens with two attached hydrogens (primary N) is 1. The highest BCUT2D eigenvalue weighted by atomic mass is 35.5. The van der Waals surface area contributed by atoms with Gasteiger partial charge in [0.15, 0.2) is 0 Å². The van der Waals surface area contributed by atoms with Crippen molar-refractivity contribution < 1.29 is 18.7 Å². The molecular formula is C33H41ClFN7O3. The number of carbonyl (C=O) groups is 1. The number of aromatic nitrogens is 2. The largest absolute Gasteiger partial charge is 0.461 e. The predicted molar refractivity (Wildman–Crippen MR) is 171 cm³/mol. The van der Waals surface area contributed by atoms with Crippen LogP contribution >= 0.6 is 11.6 Å². The zero-order valence-electron chi connectivity index (χ0n) is 26.0. The molecule has 3 atom stereocenters. The number of rotatable bonds is 6. The van der Waals surface area contributed by atoms with Crippen LogP contribution in [-0.4, -0.2) is 96.5 Å². The summed E-state index contributed by atoms with van der Waals surface area (Å²) in [5.74, 6) is 0.479. The molecule has 0 radical (unpaired) electrons. The lowest BCUT2D eigenvalue weighted by Crippen LogP contribution is -2.43. The number of hydrogen-bond acceptors (Lipinski definition) is 9. The van der Waals surface area contributed by atoms with Crippen LogP contribution in [-0.2, 0) is 34.6 Å². The minimum atomic E-state index is -0.838. The minimum absolute atomic E-state index is 0.140. The third kappa shape index (κ3) is 5.57. The van der Waals surface area contributed by atoms with Crippen molar-refractivity contribution in [3.63, 3.8) is 0 Å². The van der Waals surface area contributed by atoms with Crippen LogP contribution in [0.25, 0.3) is 0 Å². The summed E-state index contributed by atoms with van der Waals surface area (Å²) in [6, 6.07) is 6.33. The van der Waals surface area contributed by atoms with E-state index in [9.17, 15) is 9.18 Å². The maximum absolute atomic E-state index is 14.5. The van der Waals surface area contributed by atoms with Gasteiger partial charge < -0.3 is 25.0 Å². The first kappa shape index (κ1) is 30.4. The second-order valence-electron chi connectivity index (χ2n) is 13.3. The fourth-order valence-corrected chi connectivity index (χ4v) is 8.18. The third-order valence-corrected chi connectivity index (χ3v) is 10.5. The van der Waals surface area contributed by atoms with Gasteiger partial charge in [-0.1, -0.05) is 23.7 Å². The molecule has 0 bridgehead atoms. The van der Waals surface area contributed by atoms with E-state index in [-0.39, 0.29) is 17.1 Å². The van der Waals surface area contributed by atoms with Crippen molar-refractivity contribution in [1.29, 1.82) is 0 Å². The summed E-state index contributed by atoms with van der Waals surface area (Å²) < 4.78 is 27.7. The standard InChI is InChI=1S/C33H41ClFN7O3/c1-40(2)30(43)27(36)14-22-18-41(12-5-11-37-22)29-24-19-45-33(10-8-23-25(33)6-3-7-26(23)34)16-28(24)38-31(39-29)44-20-32-9-4-13-42(32)17-21(35)15-32/h3,6-7,14,21H,4-5,8-13,15-20,36H2,1-2H3/b27-14-/t21?,32-,33?/m0/s1. The molecule has 1 spiro atoms. The maximum atomic E-state index is 14.5. The summed E-state index contributed by atoms with van der Waals surface area (Å²) in [4.78, 5) is 33.1. The molecule has 2 unspecified atom stereocenters. The van der Waals surface area contributed by atoms with Gasteiger partial charge in [0.2, 0.25) is 0 Å². The number of ether oxygens (including phenoxy) is 2. The molecule has 0 saturated carbocycles. The van der Waals surface area contributed by atoms with Crippen LogP contribution < -0.4 is 15.4 Å². The molecule has 1 aromatic heterocycles. The van der Waals surface area contributed by atoms with Gasteiger partial charge in [-0.25, -0.2) is 4.39 Å². The van der Waals surface area contributed by atoms with Gasteiger partial charge in [-0.15, -0.1) is 0 Å². The first-order chi connectivity index (χ1) is 21.7. The average molecular weight is 638 g/mol. The quantitative estimate of drug-likeness (QED) is 0.479. The molecule has 7 rings (SSSR count). The van der Waals surface area contributed by atoms with Crippen molar-refractivity contribution in [2.24, 2.45) is 10.7 Å².